The molecule has 0 aromatic rings. The first-order valence-corrected chi connectivity index (χ1v) is 2.65. The van der Waals surface area contributed by atoms with E-state index in [-0.39, 0.29) is 25.9 Å². The maximum absolute atomic E-state index is 3.92. The van der Waals surface area contributed by atoms with Crippen LogP contribution in [0.2, 0.25) is 0 Å². The van der Waals surface area contributed by atoms with Crippen molar-refractivity contribution < 1.29 is 2.85 Å². The van der Waals surface area contributed by atoms with Gasteiger partial charge in [0.15, 0.2) is 0 Å². The van der Waals surface area contributed by atoms with E-state index in [9.17, 15) is 0 Å². The first-order chi connectivity index (χ1) is 2.50. The molecule has 1 aliphatic heterocycles. The standard InChI is InChI=1S/C3H5NS.Mg.2H/c1-2-5-3-4-1;;;/h3H,1-2H2;;;/q;+2;2*-1. The zero-order valence-electron chi connectivity index (χ0n) is 5.55. The minimum atomic E-state index is 0. The Hall–Kier alpha value is 0.786. The van der Waals surface area contributed by atoms with Gasteiger partial charge in [-0.3, -0.25) is 4.99 Å². The van der Waals surface area contributed by atoms with Crippen LogP contribution >= 0.6 is 11.8 Å². The molecule has 0 aromatic carbocycles. The van der Waals surface area contributed by atoms with Gasteiger partial charge < -0.3 is 2.85 Å². The van der Waals surface area contributed by atoms with E-state index in [0.717, 1.165) is 6.54 Å². The van der Waals surface area contributed by atoms with E-state index in [2.05, 4.69) is 4.99 Å². The van der Waals surface area contributed by atoms with Crippen molar-refractivity contribution in [3.8, 4) is 0 Å². The topological polar surface area (TPSA) is 12.4 Å². The van der Waals surface area contributed by atoms with Crippen LogP contribution in [0, 0.1) is 0 Å². The van der Waals surface area contributed by atoms with Gasteiger partial charge in [0.1, 0.15) is 0 Å². The van der Waals surface area contributed by atoms with E-state index in [1.165, 1.54) is 5.75 Å². The van der Waals surface area contributed by atoms with E-state index >= 15 is 0 Å². The largest absolute Gasteiger partial charge is 2.00 e. The molecule has 0 spiro atoms. The maximum Gasteiger partial charge on any atom is 2.00 e. The number of hydrogen-bond donors (Lipinski definition) is 0. The Morgan fingerprint density at radius 2 is 2.67 bits per heavy atom. The Labute approximate surface area is 60.7 Å². The Morgan fingerprint density at radius 1 is 1.83 bits per heavy atom. The van der Waals surface area contributed by atoms with E-state index < -0.39 is 0 Å². The van der Waals surface area contributed by atoms with Crippen molar-refractivity contribution in [3.63, 3.8) is 0 Å². The number of rotatable bonds is 0. The molecule has 0 saturated heterocycles. The van der Waals surface area contributed by atoms with Crippen LogP contribution in [0.25, 0.3) is 0 Å². The summed E-state index contributed by atoms with van der Waals surface area (Å²) in [6.07, 6.45) is 0. The average Bonchev–Trinajstić information content (AvgIpc) is 1.76. The molecule has 32 valence electrons. The van der Waals surface area contributed by atoms with Gasteiger partial charge >= 0.3 is 23.1 Å². The Balaban J connectivity index is -0.0000000833. The van der Waals surface area contributed by atoms with Gasteiger partial charge in [0.25, 0.3) is 0 Å². The summed E-state index contributed by atoms with van der Waals surface area (Å²) in [6, 6.07) is 0. The Kier molecular flexibility index (Phi) is 4.48. The summed E-state index contributed by atoms with van der Waals surface area (Å²) in [5.74, 6) is 1.19. The van der Waals surface area contributed by atoms with E-state index in [4.69, 9.17) is 0 Å². The summed E-state index contributed by atoms with van der Waals surface area (Å²) in [4.78, 5) is 3.92. The van der Waals surface area contributed by atoms with Crippen LogP contribution in [0.4, 0.5) is 0 Å². The normalized spacial score (nSPS) is 17.3. The van der Waals surface area contributed by atoms with Crippen LogP contribution in [-0.4, -0.2) is 40.9 Å². The fraction of sp³-hybridized carbons (Fsp3) is 0.667. The first kappa shape index (κ1) is 6.79. The molecule has 0 N–H and O–H groups in total. The van der Waals surface area contributed by atoms with Crippen molar-refractivity contribution in [3.05, 3.63) is 0 Å². The van der Waals surface area contributed by atoms with Gasteiger partial charge in [0.2, 0.25) is 0 Å². The fourth-order valence-electron chi connectivity index (χ4n) is 0.264. The molecule has 1 rings (SSSR count). The summed E-state index contributed by atoms with van der Waals surface area (Å²) >= 11 is 1.78. The van der Waals surface area contributed by atoms with Crippen LogP contribution in [-0.2, 0) is 0 Å². The molecule has 0 amide bonds. The Morgan fingerprint density at radius 3 is 2.83 bits per heavy atom. The second-order valence-electron chi connectivity index (χ2n) is 0.882. The molecule has 1 aliphatic rings. The Bertz CT molecular complexity index is 55.2. The molecule has 1 heterocycles. The number of thioether (sulfide) groups is 1. The molecule has 3 heteroatoms. The van der Waals surface area contributed by atoms with Gasteiger partial charge in [-0.15, -0.1) is 11.8 Å². The van der Waals surface area contributed by atoms with Gasteiger partial charge in [-0.1, -0.05) is 0 Å². The third kappa shape index (κ3) is 2.05. The summed E-state index contributed by atoms with van der Waals surface area (Å²) < 4.78 is 0. The summed E-state index contributed by atoms with van der Waals surface area (Å²) in [5.41, 5.74) is 1.90. The van der Waals surface area contributed by atoms with Gasteiger partial charge in [0.05, 0.1) is 5.55 Å². The second kappa shape index (κ2) is 3.96. The first-order valence-electron chi connectivity index (χ1n) is 1.60. The number of aliphatic imine (C=N–C) groups is 1. The van der Waals surface area contributed by atoms with Gasteiger partial charge in [-0.2, -0.15) is 0 Å². The third-order valence-electron chi connectivity index (χ3n) is 0.487. The molecular formula is C3H7MgNS. The smallest absolute Gasteiger partial charge is 1.00 e. The zero-order chi connectivity index (χ0) is 3.54. The van der Waals surface area contributed by atoms with Crippen molar-refractivity contribution in [2.45, 2.75) is 0 Å². The predicted octanol–water partition coefficient (Wildman–Crippen LogP) is 0.606. The van der Waals surface area contributed by atoms with Crippen LogP contribution in [0.15, 0.2) is 4.99 Å². The summed E-state index contributed by atoms with van der Waals surface area (Å²) in [6.45, 7) is 1.03. The molecule has 0 fully saturated rings. The molecule has 0 aromatic heterocycles. The zero-order valence-corrected chi connectivity index (χ0v) is 5.78. The molecular weight excluding hydrogens is 106 g/mol. The SMILES string of the molecule is C1=NCCS1.[H-].[H-].[Mg+2]. The van der Waals surface area contributed by atoms with Crippen LogP contribution in [0.1, 0.15) is 2.85 Å². The quantitative estimate of drug-likeness (QED) is 0.419. The van der Waals surface area contributed by atoms with Crippen molar-refractivity contribution in [2.24, 2.45) is 4.99 Å². The van der Waals surface area contributed by atoms with Crippen molar-refractivity contribution in [1.82, 2.24) is 0 Å². The second-order valence-corrected chi connectivity index (χ2v) is 1.83. The minimum absolute atomic E-state index is 0. The molecule has 0 aliphatic carbocycles. The molecule has 0 radical (unpaired) electrons. The van der Waals surface area contributed by atoms with Crippen LogP contribution < -0.4 is 0 Å². The predicted molar refractivity (Wildman–Crippen MR) is 33.8 cm³/mol. The van der Waals surface area contributed by atoms with Gasteiger partial charge in [0, 0.05) is 12.3 Å². The molecule has 0 atom stereocenters. The number of hydrogen-bond acceptors (Lipinski definition) is 2. The number of nitrogens with zero attached hydrogens (tertiary/aromatic N) is 1. The van der Waals surface area contributed by atoms with E-state index in [0.29, 0.717) is 0 Å². The van der Waals surface area contributed by atoms with E-state index in [1.807, 2.05) is 5.55 Å². The molecule has 0 saturated carbocycles. The van der Waals surface area contributed by atoms with Crippen molar-refractivity contribution in [2.75, 3.05) is 12.3 Å². The third-order valence-corrected chi connectivity index (χ3v) is 1.20. The molecule has 1 nitrogen and oxygen atoms in total. The summed E-state index contributed by atoms with van der Waals surface area (Å²) in [5, 5.41) is 0. The van der Waals surface area contributed by atoms with Crippen molar-refractivity contribution in [1.29, 1.82) is 0 Å². The average molecular weight is 113 g/mol. The van der Waals surface area contributed by atoms with E-state index in [1.54, 1.807) is 11.8 Å². The maximum atomic E-state index is 3.92. The van der Waals surface area contributed by atoms with Crippen LogP contribution in [0.5, 0.6) is 0 Å². The molecule has 6 heavy (non-hydrogen) atoms. The van der Waals surface area contributed by atoms with Gasteiger partial charge in [-0.05, 0) is 0 Å². The van der Waals surface area contributed by atoms with Crippen molar-refractivity contribution >= 4 is 40.4 Å². The van der Waals surface area contributed by atoms with Crippen LogP contribution in [0.3, 0.4) is 0 Å². The monoisotopic (exact) mass is 113 g/mol. The molecule has 0 bridgehead atoms. The minimum Gasteiger partial charge on any atom is -1.00 e. The molecule has 0 unspecified atom stereocenters. The summed E-state index contributed by atoms with van der Waals surface area (Å²) in [7, 11) is 0. The van der Waals surface area contributed by atoms with Gasteiger partial charge in [-0.25, -0.2) is 0 Å². The fourth-order valence-corrected chi connectivity index (χ4v) is 0.791.